The van der Waals surface area contributed by atoms with Crippen LogP contribution in [-0.4, -0.2) is 18.4 Å². The van der Waals surface area contributed by atoms with Crippen molar-refractivity contribution in [2.45, 2.75) is 6.92 Å². The van der Waals surface area contributed by atoms with Gasteiger partial charge in [-0.05, 0) is 48.9 Å². The van der Waals surface area contributed by atoms with Crippen LogP contribution in [0.25, 0.3) is 0 Å². The second kappa shape index (κ2) is 6.95. The summed E-state index contributed by atoms with van der Waals surface area (Å²) in [6.45, 7) is 1.74. The number of anilines is 1. The molecule has 2 amide bonds. The molecule has 0 saturated carbocycles. The monoisotopic (exact) mass is 318 g/mol. The molecule has 0 aliphatic carbocycles. The minimum Gasteiger partial charge on any atom is -0.482 e. The molecule has 0 spiro atoms. The molecule has 0 unspecified atom stereocenters. The highest BCUT2D eigenvalue weighted by atomic mass is 35.5. The van der Waals surface area contributed by atoms with Crippen LogP contribution in [-0.2, 0) is 4.79 Å². The summed E-state index contributed by atoms with van der Waals surface area (Å²) in [6.07, 6.45) is 0. The van der Waals surface area contributed by atoms with E-state index in [1.54, 1.807) is 24.3 Å². The summed E-state index contributed by atoms with van der Waals surface area (Å²) in [4.78, 5) is 22.8. The zero-order chi connectivity index (χ0) is 16.1. The summed E-state index contributed by atoms with van der Waals surface area (Å²) in [5.41, 5.74) is 7.06. The predicted molar refractivity (Wildman–Crippen MR) is 85.3 cm³/mol. The largest absolute Gasteiger partial charge is 0.482 e. The summed E-state index contributed by atoms with van der Waals surface area (Å²) in [6, 6.07) is 11.6. The van der Waals surface area contributed by atoms with E-state index in [0.29, 0.717) is 22.0 Å². The smallest absolute Gasteiger partial charge is 0.262 e. The molecular formula is C16H15ClN2O3. The first kappa shape index (κ1) is 15.9. The van der Waals surface area contributed by atoms with Crippen molar-refractivity contribution in [1.29, 1.82) is 0 Å². The third kappa shape index (κ3) is 4.23. The molecule has 0 aliphatic heterocycles. The quantitative estimate of drug-likeness (QED) is 0.889. The molecule has 0 bridgehead atoms. The molecule has 2 aromatic rings. The minimum absolute atomic E-state index is 0.166. The zero-order valence-corrected chi connectivity index (χ0v) is 12.7. The van der Waals surface area contributed by atoms with Gasteiger partial charge >= 0.3 is 0 Å². The predicted octanol–water partition coefficient (Wildman–Crippen LogP) is 2.76. The molecule has 5 nitrogen and oxygen atoms in total. The van der Waals surface area contributed by atoms with Gasteiger partial charge in [-0.1, -0.05) is 17.7 Å². The Morgan fingerprint density at radius 1 is 1.18 bits per heavy atom. The van der Waals surface area contributed by atoms with Crippen LogP contribution in [0.5, 0.6) is 5.75 Å². The molecule has 0 fully saturated rings. The number of hydrogen-bond acceptors (Lipinski definition) is 3. The van der Waals surface area contributed by atoms with Crippen LogP contribution in [0.1, 0.15) is 15.9 Å². The van der Waals surface area contributed by atoms with Gasteiger partial charge in [0.1, 0.15) is 5.75 Å². The van der Waals surface area contributed by atoms with E-state index in [1.165, 1.54) is 12.1 Å². The number of nitrogens with two attached hydrogens (primary N) is 1. The summed E-state index contributed by atoms with van der Waals surface area (Å²) < 4.78 is 5.40. The van der Waals surface area contributed by atoms with Gasteiger partial charge in [0.05, 0.1) is 5.02 Å². The Morgan fingerprint density at radius 2 is 1.86 bits per heavy atom. The highest BCUT2D eigenvalue weighted by Crippen LogP contribution is 2.25. The molecule has 22 heavy (non-hydrogen) atoms. The fourth-order valence-corrected chi connectivity index (χ4v) is 1.95. The maximum Gasteiger partial charge on any atom is 0.262 e. The lowest BCUT2D eigenvalue weighted by atomic mass is 10.2. The Kier molecular flexibility index (Phi) is 5.01. The standard InChI is InChI=1S/C16H15ClN2O3/c1-10-2-7-13(17)14(8-10)22-9-15(20)19-12-5-3-11(4-6-12)16(18)21/h2-8H,9H2,1H3,(H2,18,21)(H,19,20). The van der Waals surface area contributed by atoms with Crippen LogP contribution in [0.2, 0.25) is 5.02 Å². The van der Waals surface area contributed by atoms with E-state index >= 15 is 0 Å². The van der Waals surface area contributed by atoms with E-state index in [0.717, 1.165) is 5.56 Å². The van der Waals surface area contributed by atoms with Gasteiger partial charge in [-0.2, -0.15) is 0 Å². The number of aryl methyl sites for hydroxylation is 1. The van der Waals surface area contributed by atoms with Crippen molar-refractivity contribution in [1.82, 2.24) is 0 Å². The Balaban J connectivity index is 1.92. The molecule has 0 radical (unpaired) electrons. The number of amides is 2. The van der Waals surface area contributed by atoms with E-state index in [1.807, 2.05) is 13.0 Å². The maximum absolute atomic E-state index is 11.8. The average molecular weight is 319 g/mol. The van der Waals surface area contributed by atoms with Crippen molar-refractivity contribution in [2.75, 3.05) is 11.9 Å². The van der Waals surface area contributed by atoms with Crippen LogP contribution in [0.15, 0.2) is 42.5 Å². The zero-order valence-electron chi connectivity index (χ0n) is 11.9. The number of benzene rings is 2. The summed E-state index contributed by atoms with van der Waals surface area (Å²) in [5, 5.41) is 3.10. The first-order chi connectivity index (χ1) is 10.5. The fourth-order valence-electron chi connectivity index (χ4n) is 1.78. The highest BCUT2D eigenvalue weighted by Gasteiger charge is 2.07. The van der Waals surface area contributed by atoms with Crippen LogP contribution in [0.3, 0.4) is 0 Å². The number of rotatable bonds is 5. The first-order valence-electron chi connectivity index (χ1n) is 6.54. The molecule has 6 heteroatoms. The topological polar surface area (TPSA) is 81.4 Å². The van der Waals surface area contributed by atoms with Gasteiger partial charge < -0.3 is 15.8 Å². The van der Waals surface area contributed by atoms with Crippen LogP contribution in [0, 0.1) is 6.92 Å². The maximum atomic E-state index is 11.8. The second-order valence-electron chi connectivity index (χ2n) is 4.71. The SMILES string of the molecule is Cc1ccc(Cl)c(OCC(=O)Nc2ccc(C(N)=O)cc2)c1. The minimum atomic E-state index is -0.518. The lowest BCUT2D eigenvalue weighted by Gasteiger charge is -2.09. The number of primary amides is 1. The third-order valence-electron chi connectivity index (χ3n) is 2.90. The number of hydrogen-bond donors (Lipinski definition) is 2. The molecule has 0 heterocycles. The van der Waals surface area contributed by atoms with Crippen molar-refractivity contribution in [3.8, 4) is 5.75 Å². The number of carbonyl (C=O) groups excluding carboxylic acids is 2. The number of halogens is 1. The number of nitrogens with one attached hydrogen (secondary N) is 1. The van der Waals surface area contributed by atoms with E-state index < -0.39 is 5.91 Å². The number of ether oxygens (including phenoxy) is 1. The van der Waals surface area contributed by atoms with E-state index in [-0.39, 0.29) is 12.5 Å². The van der Waals surface area contributed by atoms with Crippen LogP contribution < -0.4 is 15.8 Å². The normalized spacial score (nSPS) is 10.1. The van der Waals surface area contributed by atoms with Gasteiger partial charge in [0.25, 0.3) is 5.91 Å². The van der Waals surface area contributed by atoms with Crippen LogP contribution in [0.4, 0.5) is 5.69 Å². The molecule has 0 atom stereocenters. The van der Waals surface area contributed by atoms with Gasteiger partial charge in [-0.25, -0.2) is 0 Å². The summed E-state index contributed by atoms with van der Waals surface area (Å²) in [5.74, 6) is -0.388. The average Bonchev–Trinajstić information content (AvgIpc) is 2.49. The van der Waals surface area contributed by atoms with Crippen molar-refractivity contribution in [3.63, 3.8) is 0 Å². The lowest BCUT2D eigenvalue weighted by Crippen LogP contribution is -2.20. The Morgan fingerprint density at radius 3 is 2.50 bits per heavy atom. The molecule has 0 aliphatic rings. The van der Waals surface area contributed by atoms with Gasteiger partial charge in [-0.3, -0.25) is 9.59 Å². The first-order valence-corrected chi connectivity index (χ1v) is 6.92. The molecular weight excluding hydrogens is 304 g/mol. The molecule has 3 N–H and O–H groups in total. The Hall–Kier alpha value is -2.53. The van der Waals surface area contributed by atoms with E-state index in [4.69, 9.17) is 22.1 Å². The second-order valence-corrected chi connectivity index (χ2v) is 5.12. The van der Waals surface area contributed by atoms with Crippen LogP contribution >= 0.6 is 11.6 Å². The Bertz CT molecular complexity index is 699. The molecule has 0 aromatic heterocycles. The summed E-state index contributed by atoms with van der Waals surface area (Å²) in [7, 11) is 0. The van der Waals surface area contributed by atoms with Gasteiger partial charge in [-0.15, -0.1) is 0 Å². The third-order valence-corrected chi connectivity index (χ3v) is 3.21. The Labute approximate surface area is 133 Å². The summed E-state index contributed by atoms with van der Waals surface area (Å²) >= 11 is 5.99. The molecule has 114 valence electrons. The van der Waals surface area contributed by atoms with Crippen molar-refractivity contribution >= 4 is 29.1 Å². The van der Waals surface area contributed by atoms with Gasteiger partial charge in [0.15, 0.2) is 6.61 Å². The number of carbonyl (C=O) groups is 2. The van der Waals surface area contributed by atoms with Gasteiger partial charge in [0.2, 0.25) is 5.91 Å². The van der Waals surface area contributed by atoms with Crippen molar-refractivity contribution < 1.29 is 14.3 Å². The van der Waals surface area contributed by atoms with Crippen molar-refractivity contribution in [2.24, 2.45) is 5.73 Å². The lowest BCUT2D eigenvalue weighted by molar-refractivity contribution is -0.118. The fraction of sp³-hybridized carbons (Fsp3) is 0.125. The van der Waals surface area contributed by atoms with E-state index in [9.17, 15) is 9.59 Å². The molecule has 2 aromatic carbocycles. The van der Waals surface area contributed by atoms with Crippen molar-refractivity contribution in [3.05, 3.63) is 58.6 Å². The van der Waals surface area contributed by atoms with E-state index in [2.05, 4.69) is 5.32 Å². The highest BCUT2D eigenvalue weighted by molar-refractivity contribution is 6.32. The molecule has 2 rings (SSSR count). The molecule has 0 saturated heterocycles. The van der Waals surface area contributed by atoms with Gasteiger partial charge in [0, 0.05) is 11.3 Å².